The molecule has 1 aromatic rings. The number of hydrogen-bond donors (Lipinski definition) is 1. The van der Waals surface area contributed by atoms with Gasteiger partial charge in [-0.1, -0.05) is 15.9 Å². The van der Waals surface area contributed by atoms with Gasteiger partial charge in [-0.3, -0.25) is 4.79 Å². The first-order chi connectivity index (χ1) is 11.0. The predicted molar refractivity (Wildman–Crippen MR) is 87.3 cm³/mol. The maximum atomic E-state index is 13.7. The maximum absolute atomic E-state index is 13.7. The summed E-state index contributed by atoms with van der Waals surface area (Å²) in [6, 6.07) is 4.61. The lowest BCUT2D eigenvalue weighted by atomic mass is 9.97. The Morgan fingerprint density at radius 3 is 3.00 bits per heavy atom. The SMILES string of the molecule is CCOC(=O)N1CCCC(C(=O)NCc2cc(Br)ccc2F)C1. The lowest BCUT2D eigenvalue weighted by Crippen LogP contribution is -2.45. The van der Waals surface area contributed by atoms with Crippen LogP contribution < -0.4 is 5.32 Å². The molecule has 1 N–H and O–H groups in total. The molecule has 1 aliphatic heterocycles. The Morgan fingerprint density at radius 1 is 1.48 bits per heavy atom. The number of piperidine rings is 1. The van der Waals surface area contributed by atoms with E-state index in [-0.39, 0.29) is 30.3 Å². The van der Waals surface area contributed by atoms with Crippen molar-refractivity contribution in [2.75, 3.05) is 19.7 Å². The van der Waals surface area contributed by atoms with E-state index < -0.39 is 0 Å². The fraction of sp³-hybridized carbons (Fsp3) is 0.500. The van der Waals surface area contributed by atoms with E-state index in [1.54, 1.807) is 24.0 Å². The van der Waals surface area contributed by atoms with Gasteiger partial charge in [0.2, 0.25) is 5.91 Å². The first kappa shape index (κ1) is 17.7. The number of likely N-dealkylation sites (tertiary alicyclic amines) is 1. The molecule has 0 aromatic heterocycles. The van der Waals surface area contributed by atoms with E-state index in [2.05, 4.69) is 21.2 Å². The van der Waals surface area contributed by atoms with Gasteiger partial charge in [-0.2, -0.15) is 0 Å². The molecule has 0 bridgehead atoms. The molecule has 1 unspecified atom stereocenters. The molecule has 126 valence electrons. The minimum absolute atomic E-state index is 0.125. The summed E-state index contributed by atoms with van der Waals surface area (Å²) in [5.41, 5.74) is 0.422. The van der Waals surface area contributed by atoms with Crippen LogP contribution in [0.25, 0.3) is 0 Å². The number of carbonyl (C=O) groups excluding carboxylic acids is 2. The van der Waals surface area contributed by atoms with Crippen molar-refractivity contribution in [1.82, 2.24) is 10.2 Å². The minimum Gasteiger partial charge on any atom is -0.450 e. The maximum Gasteiger partial charge on any atom is 0.409 e. The molecule has 1 atom stereocenters. The van der Waals surface area contributed by atoms with Crippen LogP contribution in [0.3, 0.4) is 0 Å². The van der Waals surface area contributed by atoms with Crippen molar-refractivity contribution in [1.29, 1.82) is 0 Å². The van der Waals surface area contributed by atoms with Crippen LogP contribution in [-0.4, -0.2) is 36.6 Å². The molecule has 0 saturated carbocycles. The second-order valence-electron chi connectivity index (χ2n) is 5.44. The van der Waals surface area contributed by atoms with Gasteiger partial charge >= 0.3 is 6.09 Å². The Hall–Kier alpha value is -1.63. The topological polar surface area (TPSA) is 58.6 Å². The van der Waals surface area contributed by atoms with E-state index in [9.17, 15) is 14.0 Å². The summed E-state index contributed by atoms with van der Waals surface area (Å²) in [5.74, 6) is -0.813. The number of ether oxygens (including phenoxy) is 1. The number of hydrogen-bond acceptors (Lipinski definition) is 3. The van der Waals surface area contributed by atoms with E-state index in [4.69, 9.17) is 4.74 Å². The summed E-state index contributed by atoms with van der Waals surface area (Å²) in [6.07, 6.45) is 1.08. The molecule has 1 heterocycles. The van der Waals surface area contributed by atoms with Crippen molar-refractivity contribution >= 4 is 27.9 Å². The third-order valence-electron chi connectivity index (χ3n) is 3.78. The Bertz CT molecular complexity index is 582. The third kappa shape index (κ3) is 4.92. The summed E-state index contributed by atoms with van der Waals surface area (Å²) < 4.78 is 19.4. The highest BCUT2D eigenvalue weighted by molar-refractivity contribution is 9.10. The number of amides is 2. The molecule has 2 amide bonds. The zero-order chi connectivity index (χ0) is 16.8. The predicted octanol–water partition coefficient (Wildman–Crippen LogP) is 3.07. The quantitative estimate of drug-likeness (QED) is 0.864. The van der Waals surface area contributed by atoms with E-state index in [1.807, 2.05) is 0 Å². The molecule has 7 heteroatoms. The molecule has 1 aliphatic rings. The van der Waals surface area contributed by atoms with Crippen LogP contribution in [0.15, 0.2) is 22.7 Å². The molecule has 0 radical (unpaired) electrons. The molecular formula is C16H20BrFN2O3. The molecule has 2 rings (SSSR count). The lowest BCUT2D eigenvalue weighted by molar-refractivity contribution is -0.126. The number of nitrogens with one attached hydrogen (secondary N) is 1. The Labute approximate surface area is 143 Å². The van der Waals surface area contributed by atoms with Crippen LogP contribution in [0.2, 0.25) is 0 Å². The van der Waals surface area contributed by atoms with Gasteiger partial charge in [-0.25, -0.2) is 9.18 Å². The van der Waals surface area contributed by atoms with Crippen LogP contribution in [0, 0.1) is 11.7 Å². The van der Waals surface area contributed by atoms with Gasteiger partial charge < -0.3 is 15.0 Å². The van der Waals surface area contributed by atoms with Crippen LogP contribution in [0.5, 0.6) is 0 Å². The van der Waals surface area contributed by atoms with Crippen molar-refractivity contribution in [2.45, 2.75) is 26.3 Å². The number of benzene rings is 1. The lowest BCUT2D eigenvalue weighted by Gasteiger charge is -2.31. The minimum atomic E-state index is -0.386. The van der Waals surface area contributed by atoms with E-state index in [0.29, 0.717) is 31.7 Å². The molecule has 5 nitrogen and oxygen atoms in total. The first-order valence-electron chi connectivity index (χ1n) is 7.64. The number of carbonyl (C=O) groups is 2. The van der Waals surface area contributed by atoms with Gasteiger partial charge in [0.05, 0.1) is 12.5 Å². The van der Waals surface area contributed by atoms with Gasteiger partial charge in [-0.15, -0.1) is 0 Å². The second-order valence-corrected chi connectivity index (χ2v) is 6.35. The van der Waals surface area contributed by atoms with Gasteiger partial charge in [0.15, 0.2) is 0 Å². The molecule has 23 heavy (non-hydrogen) atoms. The second kappa shape index (κ2) is 8.29. The van der Waals surface area contributed by atoms with Crippen LogP contribution in [0.1, 0.15) is 25.3 Å². The fourth-order valence-corrected chi connectivity index (χ4v) is 2.99. The average molecular weight is 387 g/mol. The van der Waals surface area contributed by atoms with Gasteiger partial charge in [0.1, 0.15) is 5.82 Å². The van der Waals surface area contributed by atoms with Gasteiger partial charge in [0.25, 0.3) is 0 Å². The van der Waals surface area contributed by atoms with Crippen LogP contribution >= 0.6 is 15.9 Å². The van der Waals surface area contributed by atoms with Crippen molar-refractivity contribution in [3.8, 4) is 0 Å². The number of nitrogens with zero attached hydrogens (tertiary/aromatic N) is 1. The molecule has 0 aliphatic carbocycles. The summed E-state index contributed by atoms with van der Waals surface area (Å²) in [6.45, 7) is 3.13. The van der Waals surface area contributed by atoms with Gasteiger partial charge in [-0.05, 0) is 38.0 Å². The molecule has 1 fully saturated rings. The third-order valence-corrected chi connectivity index (χ3v) is 4.27. The van der Waals surface area contributed by atoms with E-state index in [1.165, 1.54) is 6.07 Å². The molecular weight excluding hydrogens is 367 g/mol. The number of rotatable bonds is 4. The highest BCUT2D eigenvalue weighted by Crippen LogP contribution is 2.19. The van der Waals surface area contributed by atoms with Crippen molar-refractivity contribution in [2.24, 2.45) is 5.92 Å². The summed E-state index contributed by atoms with van der Waals surface area (Å²) in [4.78, 5) is 25.6. The average Bonchev–Trinajstić information content (AvgIpc) is 2.55. The summed E-state index contributed by atoms with van der Waals surface area (Å²) >= 11 is 3.28. The Kier molecular flexibility index (Phi) is 6.38. The summed E-state index contributed by atoms with van der Waals surface area (Å²) in [5, 5.41) is 2.75. The van der Waals surface area contributed by atoms with E-state index >= 15 is 0 Å². The first-order valence-corrected chi connectivity index (χ1v) is 8.44. The highest BCUT2D eigenvalue weighted by atomic mass is 79.9. The summed E-state index contributed by atoms with van der Waals surface area (Å²) in [7, 11) is 0. The van der Waals surface area contributed by atoms with Crippen LogP contribution in [-0.2, 0) is 16.1 Å². The van der Waals surface area contributed by atoms with Gasteiger partial charge in [0, 0.05) is 29.7 Å². The monoisotopic (exact) mass is 386 g/mol. The van der Waals surface area contributed by atoms with E-state index in [0.717, 1.165) is 10.9 Å². The highest BCUT2D eigenvalue weighted by Gasteiger charge is 2.29. The Balaban J connectivity index is 1.90. The standard InChI is InChI=1S/C16H20BrFN2O3/c1-2-23-16(22)20-7-3-4-11(10-20)15(21)19-9-12-8-13(17)5-6-14(12)18/h5-6,8,11H,2-4,7,9-10H2,1H3,(H,19,21). The normalized spacial score (nSPS) is 17.7. The van der Waals surface area contributed by atoms with Crippen LogP contribution in [0.4, 0.5) is 9.18 Å². The van der Waals surface area contributed by atoms with Crippen molar-refractivity contribution in [3.63, 3.8) is 0 Å². The van der Waals surface area contributed by atoms with Crippen molar-refractivity contribution < 1.29 is 18.7 Å². The Morgan fingerprint density at radius 2 is 2.26 bits per heavy atom. The largest absolute Gasteiger partial charge is 0.450 e. The molecule has 0 spiro atoms. The zero-order valence-electron chi connectivity index (χ0n) is 13.0. The smallest absolute Gasteiger partial charge is 0.409 e. The fourth-order valence-electron chi connectivity index (χ4n) is 2.58. The molecule has 1 aromatic carbocycles. The van der Waals surface area contributed by atoms with Crippen molar-refractivity contribution in [3.05, 3.63) is 34.1 Å². The molecule has 1 saturated heterocycles. The zero-order valence-corrected chi connectivity index (χ0v) is 14.6. The number of halogens is 2.